The van der Waals surface area contributed by atoms with Gasteiger partial charge in [-0.05, 0) is 38.3 Å². The molecule has 0 saturated carbocycles. The summed E-state index contributed by atoms with van der Waals surface area (Å²) in [7, 11) is 0. The van der Waals surface area contributed by atoms with Gasteiger partial charge in [0, 0.05) is 44.8 Å². The average Bonchev–Trinajstić information content (AvgIpc) is 2.61. The van der Waals surface area contributed by atoms with Crippen molar-refractivity contribution in [3.8, 4) is 0 Å². The number of nitrogens with zero attached hydrogens (tertiary/aromatic N) is 2. The van der Waals surface area contributed by atoms with Gasteiger partial charge >= 0.3 is 0 Å². The van der Waals surface area contributed by atoms with Gasteiger partial charge in [0.2, 0.25) is 5.91 Å². The smallest absolute Gasteiger partial charge is 0.220 e. The zero-order chi connectivity index (χ0) is 17.2. The van der Waals surface area contributed by atoms with Crippen molar-refractivity contribution >= 4 is 11.7 Å². The number of rotatable bonds is 9. The molecule has 2 N–H and O–H groups in total. The van der Waals surface area contributed by atoms with Gasteiger partial charge in [-0.3, -0.25) is 9.69 Å². The van der Waals surface area contributed by atoms with Crippen molar-refractivity contribution in [2.45, 2.75) is 39.2 Å². The molecule has 1 aliphatic rings. The van der Waals surface area contributed by atoms with Gasteiger partial charge in [-0.25, -0.2) is 4.98 Å². The first kappa shape index (κ1) is 18.7. The molecule has 0 radical (unpaired) electrons. The van der Waals surface area contributed by atoms with Gasteiger partial charge in [-0.2, -0.15) is 0 Å². The molecule has 1 aromatic heterocycles. The van der Waals surface area contributed by atoms with Gasteiger partial charge in [-0.1, -0.05) is 6.07 Å². The van der Waals surface area contributed by atoms with Crippen LogP contribution < -0.4 is 10.6 Å². The van der Waals surface area contributed by atoms with E-state index in [2.05, 4.69) is 27.4 Å². The second-order valence-electron chi connectivity index (χ2n) is 6.39. The van der Waals surface area contributed by atoms with Gasteiger partial charge in [0.05, 0.1) is 13.2 Å². The Bertz CT molecular complexity index is 486. The van der Waals surface area contributed by atoms with Crippen molar-refractivity contribution in [1.82, 2.24) is 15.2 Å². The second kappa shape index (κ2) is 10.3. The number of aryl methyl sites for hydroxylation is 1. The molecule has 1 fully saturated rings. The van der Waals surface area contributed by atoms with E-state index in [9.17, 15) is 4.79 Å². The lowest BCUT2D eigenvalue weighted by Gasteiger charge is -2.32. The van der Waals surface area contributed by atoms with Crippen LogP contribution in [0.1, 0.15) is 31.7 Å². The molecule has 2 rings (SSSR count). The third kappa shape index (κ3) is 6.84. The molecule has 134 valence electrons. The van der Waals surface area contributed by atoms with Crippen LogP contribution in [0.2, 0.25) is 0 Å². The molecular weight excluding hydrogens is 304 g/mol. The summed E-state index contributed by atoms with van der Waals surface area (Å²) in [5, 5.41) is 6.25. The van der Waals surface area contributed by atoms with Gasteiger partial charge in [0.25, 0.3) is 0 Å². The highest BCUT2D eigenvalue weighted by Crippen LogP contribution is 2.09. The quantitative estimate of drug-likeness (QED) is 0.674. The summed E-state index contributed by atoms with van der Waals surface area (Å²) in [6, 6.07) is 4.45. The van der Waals surface area contributed by atoms with Crippen LogP contribution in [0.5, 0.6) is 0 Å². The van der Waals surface area contributed by atoms with E-state index >= 15 is 0 Å². The molecule has 1 atom stereocenters. The number of morpholine rings is 1. The van der Waals surface area contributed by atoms with Crippen molar-refractivity contribution in [2.75, 3.05) is 44.7 Å². The highest BCUT2D eigenvalue weighted by Gasteiger charge is 2.17. The maximum atomic E-state index is 11.9. The zero-order valence-corrected chi connectivity index (χ0v) is 14.9. The number of hydrogen-bond donors (Lipinski definition) is 2. The topological polar surface area (TPSA) is 66.5 Å². The third-order valence-corrected chi connectivity index (χ3v) is 4.35. The molecule has 1 saturated heterocycles. The fraction of sp³-hybridized carbons (Fsp3) is 0.667. The molecule has 0 spiro atoms. The second-order valence-corrected chi connectivity index (χ2v) is 6.39. The highest BCUT2D eigenvalue weighted by molar-refractivity contribution is 5.75. The Kier molecular flexibility index (Phi) is 7.98. The molecule has 0 aliphatic carbocycles. The predicted octanol–water partition coefficient (Wildman–Crippen LogP) is 1.81. The number of nitrogens with one attached hydrogen (secondary N) is 2. The monoisotopic (exact) mass is 334 g/mol. The van der Waals surface area contributed by atoms with E-state index in [-0.39, 0.29) is 5.91 Å². The van der Waals surface area contributed by atoms with E-state index in [4.69, 9.17) is 4.74 Å². The number of carbonyl (C=O) groups is 1. The first-order valence-corrected chi connectivity index (χ1v) is 8.90. The molecule has 1 unspecified atom stereocenters. The molecule has 0 bridgehead atoms. The Morgan fingerprint density at radius 2 is 2.12 bits per heavy atom. The Morgan fingerprint density at radius 1 is 1.33 bits per heavy atom. The van der Waals surface area contributed by atoms with Crippen LogP contribution in [0.4, 0.5) is 5.82 Å². The van der Waals surface area contributed by atoms with Crippen molar-refractivity contribution in [2.24, 2.45) is 0 Å². The lowest BCUT2D eigenvalue weighted by molar-refractivity contribution is -0.121. The summed E-state index contributed by atoms with van der Waals surface area (Å²) < 4.78 is 5.36. The van der Waals surface area contributed by atoms with Crippen molar-refractivity contribution < 1.29 is 9.53 Å². The minimum absolute atomic E-state index is 0.142. The number of carbonyl (C=O) groups excluding carboxylic acids is 1. The summed E-state index contributed by atoms with van der Waals surface area (Å²) in [5.74, 6) is 1.02. The molecule has 24 heavy (non-hydrogen) atoms. The SMILES string of the molecule is Cc1ccc(NCCCNC(=O)CCC(C)N2CCOCC2)nc1. The average molecular weight is 334 g/mol. The van der Waals surface area contributed by atoms with Crippen LogP contribution in [0.3, 0.4) is 0 Å². The number of ether oxygens (including phenoxy) is 1. The van der Waals surface area contributed by atoms with Crippen molar-refractivity contribution in [1.29, 1.82) is 0 Å². The van der Waals surface area contributed by atoms with Gasteiger partial charge in [-0.15, -0.1) is 0 Å². The number of hydrogen-bond acceptors (Lipinski definition) is 5. The standard InChI is InChI=1S/C18H30N4O2/c1-15-4-6-17(21-14-15)19-8-3-9-20-18(23)7-5-16(2)22-10-12-24-13-11-22/h4,6,14,16H,3,5,7-13H2,1-2H3,(H,19,21)(H,20,23). The van der Waals surface area contributed by atoms with Gasteiger partial charge in [0.1, 0.15) is 5.82 Å². The van der Waals surface area contributed by atoms with Crippen LogP contribution in [0.15, 0.2) is 18.3 Å². The largest absolute Gasteiger partial charge is 0.379 e. The molecule has 1 aromatic rings. The predicted molar refractivity (Wildman–Crippen MR) is 96.2 cm³/mol. The Hall–Kier alpha value is -1.66. The van der Waals surface area contributed by atoms with Crippen LogP contribution in [-0.4, -0.2) is 61.2 Å². The first-order valence-electron chi connectivity index (χ1n) is 8.90. The minimum Gasteiger partial charge on any atom is -0.379 e. The number of pyridine rings is 1. The van der Waals surface area contributed by atoms with E-state index in [1.165, 1.54) is 0 Å². The highest BCUT2D eigenvalue weighted by atomic mass is 16.5. The van der Waals surface area contributed by atoms with Crippen LogP contribution in [0.25, 0.3) is 0 Å². The summed E-state index contributed by atoms with van der Waals surface area (Å²) in [6.45, 7) is 9.27. The lowest BCUT2D eigenvalue weighted by Crippen LogP contribution is -2.42. The maximum absolute atomic E-state index is 11.9. The number of amides is 1. The molecule has 2 heterocycles. The third-order valence-electron chi connectivity index (χ3n) is 4.35. The fourth-order valence-electron chi connectivity index (χ4n) is 2.73. The maximum Gasteiger partial charge on any atom is 0.220 e. The molecule has 6 heteroatoms. The fourth-order valence-corrected chi connectivity index (χ4v) is 2.73. The summed E-state index contributed by atoms with van der Waals surface area (Å²) in [4.78, 5) is 18.6. The Labute approximate surface area is 145 Å². The van der Waals surface area contributed by atoms with Gasteiger partial charge < -0.3 is 15.4 Å². The normalized spacial score (nSPS) is 16.6. The molecular formula is C18H30N4O2. The van der Waals surface area contributed by atoms with Crippen LogP contribution in [0, 0.1) is 6.92 Å². The molecule has 1 aliphatic heterocycles. The molecule has 0 aromatic carbocycles. The van der Waals surface area contributed by atoms with Crippen molar-refractivity contribution in [3.63, 3.8) is 0 Å². The Balaban J connectivity index is 1.50. The molecule has 6 nitrogen and oxygen atoms in total. The van der Waals surface area contributed by atoms with E-state index in [1.54, 1.807) is 0 Å². The first-order chi connectivity index (χ1) is 11.6. The summed E-state index contributed by atoms with van der Waals surface area (Å²) in [6.07, 6.45) is 4.23. The van der Waals surface area contributed by atoms with Crippen molar-refractivity contribution in [3.05, 3.63) is 23.9 Å². The molecule has 1 amide bonds. The van der Waals surface area contributed by atoms with Crippen LogP contribution in [-0.2, 0) is 9.53 Å². The Morgan fingerprint density at radius 3 is 2.83 bits per heavy atom. The van der Waals surface area contributed by atoms with Crippen LogP contribution >= 0.6 is 0 Å². The zero-order valence-electron chi connectivity index (χ0n) is 14.9. The number of anilines is 1. The minimum atomic E-state index is 0.142. The van der Waals surface area contributed by atoms with Gasteiger partial charge in [0.15, 0.2) is 0 Å². The number of aromatic nitrogens is 1. The summed E-state index contributed by atoms with van der Waals surface area (Å²) >= 11 is 0. The van der Waals surface area contributed by atoms with E-state index in [0.717, 1.165) is 57.1 Å². The van der Waals surface area contributed by atoms with E-state index < -0.39 is 0 Å². The van der Waals surface area contributed by atoms with E-state index in [0.29, 0.717) is 19.0 Å². The summed E-state index contributed by atoms with van der Waals surface area (Å²) in [5.41, 5.74) is 1.15. The van der Waals surface area contributed by atoms with E-state index in [1.807, 2.05) is 25.3 Å². The lowest BCUT2D eigenvalue weighted by atomic mass is 10.1.